The van der Waals surface area contributed by atoms with Gasteiger partial charge in [-0.1, -0.05) is 13.8 Å². The van der Waals surface area contributed by atoms with Gasteiger partial charge in [0.15, 0.2) is 0 Å². The van der Waals surface area contributed by atoms with Crippen LogP contribution < -0.4 is 20.9 Å². The van der Waals surface area contributed by atoms with Gasteiger partial charge in [-0.2, -0.15) is 13.2 Å². The minimum atomic E-state index is -4.44. The van der Waals surface area contributed by atoms with E-state index in [4.69, 9.17) is 0 Å². The van der Waals surface area contributed by atoms with Crippen molar-refractivity contribution in [2.75, 3.05) is 54.8 Å². The third-order valence-corrected chi connectivity index (χ3v) is 6.02. The van der Waals surface area contributed by atoms with Gasteiger partial charge in [-0.25, -0.2) is 4.79 Å². The molecule has 0 aromatic heterocycles. The third kappa shape index (κ3) is 7.35. The van der Waals surface area contributed by atoms with E-state index in [1.54, 1.807) is 12.1 Å². The molecule has 0 bridgehead atoms. The SMILES string of the molecule is CCN(CC)CCNC(=O)c1cc(NC(=O)Nc2ccc(C(F)(F)F)cc2)ccc1N1CCCC1. The number of nitrogens with zero attached hydrogens (tertiary/aromatic N) is 2. The largest absolute Gasteiger partial charge is 0.416 e. The lowest BCUT2D eigenvalue weighted by Gasteiger charge is -2.23. The molecule has 0 radical (unpaired) electrons. The molecular weight excluding hydrogens is 459 g/mol. The van der Waals surface area contributed by atoms with Gasteiger partial charge in [0.2, 0.25) is 0 Å². The molecule has 1 heterocycles. The lowest BCUT2D eigenvalue weighted by atomic mass is 10.1. The lowest BCUT2D eigenvalue weighted by molar-refractivity contribution is -0.137. The molecule has 7 nitrogen and oxygen atoms in total. The van der Waals surface area contributed by atoms with Crippen molar-refractivity contribution in [1.82, 2.24) is 10.2 Å². The van der Waals surface area contributed by atoms with E-state index in [-0.39, 0.29) is 11.6 Å². The molecule has 0 atom stereocenters. The van der Waals surface area contributed by atoms with Crippen molar-refractivity contribution in [3.8, 4) is 0 Å². The highest BCUT2D eigenvalue weighted by Gasteiger charge is 2.30. The maximum Gasteiger partial charge on any atom is 0.416 e. The Kier molecular flexibility index (Phi) is 8.97. The molecule has 10 heteroatoms. The maximum absolute atomic E-state index is 13.0. The number of halogens is 3. The minimum absolute atomic E-state index is 0.217. The van der Waals surface area contributed by atoms with Crippen LogP contribution in [-0.4, -0.2) is 56.1 Å². The Bertz CT molecular complexity index is 1000. The second-order valence-corrected chi connectivity index (χ2v) is 8.36. The number of nitrogens with one attached hydrogen (secondary N) is 3. The highest BCUT2D eigenvalue weighted by molar-refractivity contribution is 6.04. The zero-order valence-corrected chi connectivity index (χ0v) is 20.0. The van der Waals surface area contributed by atoms with Gasteiger partial charge in [0.05, 0.1) is 11.1 Å². The van der Waals surface area contributed by atoms with E-state index in [9.17, 15) is 22.8 Å². The predicted octanol–water partition coefficient (Wildman–Crippen LogP) is 5.02. The van der Waals surface area contributed by atoms with Gasteiger partial charge in [0, 0.05) is 43.2 Å². The standard InChI is InChI=1S/C25H32F3N5O2/c1-3-32(4-2)16-13-29-23(34)21-17-20(11-12-22(21)33-14-5-6-15-33)31-24(35)30-19-9-7-18(8-10-19)25(26,27)28/h7-12,17H,3-6,13-16H2,1-2H3,(H,29,34)(H2,30,31,35). The summed E-state index contributed by atoms with van der Waals surface area (Å²) in [6.45, 7) is 8.92. The van der Waals surface area contributed by atoms with E-state index in [1.807, 2.05) is 6.07 Å². The van der Waals surface area contributed by atoms with Crippen LogP contribution in [0, 0.1) is 0 Å². The number of amides is 3. The van der Waals surface area contributed by atoms with Crippen LogP contribution >= 0.6 is 0 Å². The Balaban J connectivity index is 1.70. The molecule has 3 N–H and O–H groups in total. The molecule has 1 aliphatic rings. The Morgan fingerprint density at radius 1 is 0.943 bits per heavy atom. The summed E-state index contributed by atoms with van der Waals surface area (Å²) in [7, 11) is 0. The fraction of sp³-hybridized carbons (Fsp3) is 0.440. The number of anilines is 3. The maximum atomic E-state index is 13.0. The van der Waals surface area contributed by atoms with Gasteiger partial charge >= 0.3 is 12.2 Å². The summed E-state index contributed by atoms with van der Waals surface area (Å²) in [5.74, 6) is -0.217. The van der Waals surface area contributed by atoms with Crippen molar-refractivity contribution < 1.29 is 22.8 Å². The number of hydrogen-bond acceptors (Lipinski definition) is 4. The number of carbonyl (C=O) groups is 2. The van der Waals surface area contributed by atoms with Gasteiger partial charge in [-0.15, -0.1) is 0 Å². The molecule has 2 aromatic rings. The molecule has 0 saturated carbocycles. The second-order valence-electron chi connectivity index (χ2n) is 8.36. The quantitative estimate of drug-likeness (QED) is 0.460. The monoisotopic (exact) mass is 491 g/mol. The van der Waals surface area contributed by atoms with E-state index in [0.717, 1.165) is 63.4 Å². The fourth-order valence-electron chi connectivity index (χ4n) is 4.03. The Morgan fingerprint density at radius 3 is 2.14 bits per heavy atom. The van der Waals surface area contributed by atoms with Gasteiger partial charge in [-0.05, 0) is 68.4 Å². The summed E-state index contributed by atoms with van der Waals surface area (Å²) >= 11 is 0. The van der Waals surface area contributed by atoms with E-state index in [0.29, 0.717) is 17.8 Å². The molecule has 0 aliphatic carbocycles. The number of carbonyl (C=O) groups excluding carboxylic acids is 2. The zero-order chi connectivity index (χ0) is 25.4. The molecule has 0 unspecified atom stereocenters. The molecule has 2 aromatic carbocycles. The molecule has 3 amide bonds. The zero-order valence-electron chi connectivity index (χ0n) is 20.0. The molecule has 0 spiro atoms. The average molecular weight is 492 g/mol. The van der Waals surface area contributed by atoms with Crippen LogP contribution in [0.25, 0.3) is 0 Å². The van der Waals surface area contributed by atoms with Gasteiger partial charge < -0.3 is 25.8 Å². The predicted molar refractivity (Wildman–Crippen MR) is 132 cm³/mol. The Morgan fingerprint density at radius 2 is 1.54 bits per heavy atom. The van der Waals surface area contributed by atoms with E-state index in [2.05, 4.69) is 39.6 Å². The van der Waals surface area contributed by atoms with Crippen LogP contribution in [0.5, 0.6) is 0 Å². The fourth-order valence-corrected chi connectivity index (χ4v) is 4.03. The smallest absolute Gasteiger partial charge is 0.371 e. The first kappa shape index (κ1) is 26.3. The van der Waals surface area contributed by atoms with Crippen molar-refractivity contribution in [2.45, 2.75) is 32.9 Å². The summed E-state index contributed by atoms with van der Waals surface area (Å²) in [5, 5.41) is 8.15. The molecule has 35 heavy (non-hydrogen) atoms. The van der Waals surface area contributed by atoms with Crippen LogP contribution in [0.15, 0.2) is 42.5 Å². The number of likely N-dealkylation sites (N-methyl/N-ethyl adjacent to an activating group) is 1. The first-order chi connectivity index (χ1) is 16.7. The molecule has 1 saturated heterocycles. The molecule has 3 rings (SSSR count). The van der Waals surface area contributed by atoms with Crippen molar-refractivity contribution in [3.63, 3.8) is 0 Å². The van der Waals surface area contributed by atoms with E-state index in [1.165, 1.54) is 12.1 Å². The van der Waals surface area contributed by atoms with Gasteiger partial charge in [-0.3, -0.25) is 4.79 Å². The summed E-state index contributed by atoms with van der Waals surface area (Å²) in [6.07, 6.45) is -2.34. The highest BCUT2D eigenvalue weighted by Crippen LogP contribution is 2.30. The summed E-state index contributed by atoms with van der Waals surface area (Å²) in [4.78, 5) is 29.9. The van der Waals surface area contributed by atoms with Crippen molar-refractivity contribution >= 4 is 29.0 Å². The van der Waals surface area contributed by atoms with Crippen LogP contribution in [0.4, 0.5) is 35.0 Å². The van der Waals surface area contributed by atoms with Gasteiger partial charge in [0.25, 0.3) is 5.91 Å². The van der Waals surface area contributed by atoms with Crippen LogP contribution in [-0.2, 0) is 6.18 Å². The van der Waals surface area contributed by atoms with Crippen LogP contribution in [0.3, 0.4) is 0 Å². The number of alkyl halides is 3. The molecule has 1 aliphatic heterocycles. The van der Waals surface area contributed by atoms with E-state index >= 15 is 0 Å². The van der Waals surface area contributed by atoms with E-state index < -0.39 is 17.8 Å². The molecule has 1 fully saturated rings. The Labute approximate surface area is 203 Å². The second kappa shape index (κ2) is 11.9. The first-order valence-corrected chi connectivity index (χ1v) is 11.9. The molecular formula is C25H32F3N5O2. The lowest BCUT2D eigenvalue weighted by Crippen LogP contribution is -2.35. The van der Waals surface area contributed by atoms with Crippen molar-refractivity contribution in [2.24, 2.45) is 0 Å². The topological polar surface area (TPSA) is 76.7 Å². The van der Waals surface area contributed by atoms with Crippen molar-refractivity contribution in [1.29, 1.82) is 0 Å². The number of benzene rings is 2. The number of rotatable bonds is 9. The highest BCUT2D eigenvalue weighted by atomic mass is 19.4. The summed E-state index contributed by atoms with van der Waals surface area (Å²) in [6, 6.07) is 8.73. The third-order valence-electron chi connectivity index (χ3n) is 6.02. The summed E-state index contributed by atoms with van der Waals surface area (Å²) < 4.78 is 38.2. The number of hydrogen-bond donors (Lipinski definition) is 3. The van der Waals surface area contributed by atoms with Crippen LogP contribution in [0.2, 0.25) is 0 Å². The summed E-state index contributed by atoms with van der Waals surface area (Å²) in [5.41, 5.74) is 1.12. The Hall–Kier alpha value is -3.27. The molecule has 190 valence electrons. The first-order valence-electron chi connectivity index (χ1n) is 11.9. The van der Waals surface area contributed by atoms with Gasteiger partial charge in [0.1, 0.15) is 0 Å². The van der Waals surface area contributed by atoms with Crippen LogP contribution in [0.1, 0.15) is 42.6 Å². The number of urea groups is 1. The average Bonchev–Trinajstić information content (AvgIpc) is 3.36. The minimum Gasteiger partial charge on any atom is -0.371 e. The normalized spacial score (nSPS) is 13.7. The van der Waals surface area contributed by atoms with Crippen molar-refractivity contribution in [3.05, 3.63) is 53.6 Å².